The number of halogens is 2. The van der Waals surface area contributed by atoms with E-state index in [9.17, 15) is 13.6 Å². The Kier molecular flexibility index (Phi) is 4.23. The number of nitriles is 1. The quantitative estimate of drug-likeness (QED) is 0.920. The molecule has 0 bridgehead atoms. The standard InChI is InChI=1S/C13H11F2N5O/c1-8(10-3-2-9(14)4-11(10)15)18-13(21)6-20-7-17-12(5-16)19-20/h2-4,7-8H,6H2,1H3,(H,18,21). The van der Waals surface area contributed by atoms with Crippen LogP contribution in [-0.2, 0) is 11.3 Å². The van der Waals surface area contributed by atoms with Crippen molar-refractivity contribution < 1.29 is 13.6 Å². The summed E-state index contributed by atoms with van der Waals surface area (Å²) in [6.07, 6.45) is 1.25. The molecule has 0 radical (unpaired) electrons. The van der Waals surface area contributed by atoms with Gasteiger partial charge in [0.25, 0.3) is 5.82 Å². The Balaban J connectivity index is 2.00. The summed E-state index contributed by atoms with van der Waals surface area (Å²) in [5.74, 6) is -1.88. The van der Waals surface area contributed by atoms with E-state index in [-0.39, 0.29) is 17.9 Å². The van der Waals surface area contributed by atoms with Crippen LogP contribution in [0.3, 0.4) is 0 Å². The Morgan fingerprint density at radius 2 is 2.29 bits per heavy atom. The van der Waals surface area contributed by atoms with E-state index in [4.69, 9.17) is 5.26 Å². The number of hydrogen-bond donors (Lipinski definition) is 1. The van der Waals surface area contributed by atoms with Crippen molar-refractivity contribution in [1.82, 2.24) is 20.1 Å². The second kappa shape index (κ2) is 6.09. The summed E-state index contributed by atoms with van der Waals surface area (Å²) in [6, 6.07) is 4.27. The highest BCUT2D eigenvalue weighted by Crippen LogP contribution is 2.17. The molecule has 0 aliphatic carbocycles. The summed E-state index contributed by atoms with van der Waals surface area (Å²) in [6.45, 7) is 1.43. The average molecular weight is 291 g/mol. The predicted molar refractivity (Wildman–Crippen MR) is 67.7 cm³/mol. The minimum absolute atomic E-state index is 0.0413. The summed E-state index contributed by atoms with van der Waals surface area (Å²) < 4.78 is 27.6. The van der Waals surface area contributed by atoms with Gasteiger partial charge < -0.3 is 5.32 Å². The first-order valence-corrected chi connectivity index (χ1v) is 6.03. The number of aromatic nitrogens is 3. The van der Waals surface area contributed by atoms with Crippen molar-refractivity contribution in [2.24, 2.45) is 0 Å². The fraction of sp³-hybridized carbons (Fsp3) is 0.231. The molecule has 0 spiro atoms. The Hall–Kier alpha value is -2.82. The van der Waals surface area contributed by atoms with Gasteiger partial charge >= 0.3 is 0 Å². The minimum atomic E-state index is -0.727. The highest BCUT2D eigenvalue weighted by Gasteiger charge is 2.15. The van der Waals surface area contributed by atoms with Gasteiger partial charge in [0.05, 0.1) is 6.04 Å². The van der Waals surface area contributed by atoms with Gasteiger partial charge in [-0.1, -0.05) is 6.07 Å². The maximum absolute atomic E-state index is 13.6. The molecular formula is C13H11F2N5O. The average Bonchev–Trinajstić information content (AvgIpc) is 2.85. The number of nitrogens with one attached hydrogen (secondary N) is 1. The van der Waals surface area contributed by atoms with Crippen molar-refractivity contribution >= 4 is 5.91 Å². The molecule has 1 aromatic heterocycles. The molecule has 1 heterocycles. The second-order valence-corrected chi connectivity index (χ2v) is 4.33. The number of carbonyl (C=O) groups is 1. The molecule has 2 aromatic rings. The highest BCUT2D eigenvalue weighted by molar-refractivity contribution is 5.76. The number of hydrogen-bond acceptors (Lipinski definition) is 4. The Labute approximate surface area is 119 Å². The van der Waals surface area contributed by atoms with Gasteiger partial charge in [0.1, 0.15) is 30.6 Å². The molecule has 1 amide bonds. The summed E-state index contributed by atoms with van der Waals surface area (Å²) in [4.78, 5) is 15.5. The normalized spacial score (nSPS) is 11.7. The van der Waals surface area contributed by atoms with E-state index < -0.39 is 23.6 Å². The molecule has 1 atom stereocenters. The number of nitrogens with zero attached hydrogens (tertiary/aromatic N) is 4. The Morgan fingerprint density at radius 1 is 1.52 bits per heavy atom. The highest BCUT2D eigenvalue weighted by atomic mass is 19.1. The number of amides is 1. The van der Waals surface area contributed by atoms with Crippen LogP contribution in [0.1, 0.15) is 24.4 Å². The van der Waals surface area contributed by atoms with Gasteiger partial charge in [0.15, 0.2) is 0 Å². The lowest BCUT2D eigenvalue weighted by molar-refractivity contribution is -0.122. The molecule has 0 saturated carbocycles. The molecule has 0 fully saturated rings. The van der Waals surface area contributed by atoms with Crippen LogP contribution >= 0.6 is 0 Å². The summed E-state index contributed by atoms with van der Waals surface area (Å²) in [5.41, 5.74) is 0.182. The first-order valence-electron chi connectivity index (χ1n) is 6.03. The molecule has 1 aromatic carbocycles. The van der Waals surface area contributed by atoms with Crippen molar-refractivity contribution in [2.45, 2.75) is 19.5 Å². The molecule has 8 heteroatoms. The van der Waals surface area contributed by atoms with E-state index in [0.717, 1.165) is 12.1 Å². The van der Waals surface area contributed by atoms with Crippen LogP contribution in [0, 0.1) is 23.0 Å². The summed E-state index contributed by atoms with van der Waals surface area (Å²) >= 11 is 0. The molecule has 0 aliphatic rings. The predicted octanol–water partition coefficient (Wildman–Crippen LogP) is 1.31. The van der Waals surface area contributed by atoms with Gasteiger partial charge in [-0.2, -0.15) is 5.26 Å². The van der Waals surface area contributed by atoms with Gasteiger partial charge in [-0.15, -0.1) is 5.10 Å². The number of benzene rings is 1. The minimum Gasteiger partial charge on any atom is -0.348 e. The van der Waals surface area contributed by atoms with Crippen LogP contribution in [0.5, 0.6) is 0 Å². The van der Waals surface area contributed by atoms with Crippen LogP contribution in [0.4, 0.5) is 8.78 Å². The molecule has 1 unspecified atom stereocenters. The van der Waals surface area contributed by atoms with E-state index in [1.807, 2.05) is 0 Å². The third kappa shape index (κ3) is 3.60. The molecule has 108 valence electrons. The van der Waals surface area contributed by atoms with Crippen molar-refractivity contribution in [3.63, 3.8) is 0 Å². The lowest BCUT2D eigenvalue weighted by Gasteiger charge is -2.15. The zero-order valence-electron chi connectivity index (χ0n) is 11.0. The van der Waals surface area contributed by atoms with E-state index in [1.54, 1.807) is 13.0 Å². The zero-order valence-corrected chi connectivity index (χ0v) is 11.0. The fourth-order valence-electron chi connectivity index (χ4n) is 1.79. The Morgan fingerprint density at radius 3 is 2.90 bits per heavy atom. The van der Waals surface area contributed by atoms with Gasteiger partial charge in [-0.05, 0) is 13.0 Å². The third-order valence-corrected chi connectivity index (χ3v) is 2.75. The third-order valence-electron chi connectivity index (χ3n) is 2.75. The Bertz CT molecular complexity index is 707. The van der Waals surface area contributed by atoms with Crippen LogP contribution in [-0.4, -0.2) is 20.7 Å². The van der Waals surface area contributed by atoms with Gasteiger partial charge in [-0.25, -0.2) is 18.4 Å². The molecule has 1 N–H and O–H groups in total. The summed E-state index contributed by atoms with van der Waals surface area (Å²) in [5, 5.41) is 14.9. The first-order chi connectivity index (χ1) is 9.99. The largest absolute Gasteiger partial charge is 0.348 e. The van der Waals surface area contributed by atoms with Crippen molar-refractivity contribution in [3.05, 3.63) is 47.5 Å². The van der Waals surface area contributed by atoms with Gasteiger partial charge in [0.2, 0.25) is 5.91 Å². The van der Waals surface area contributed by atoms with Crippen LogP contribution in [0.25, 0.3) is 0 Å². The maximum atomic E-state index is 13.6. The van der Waals surface area contributed by atoms with E-state index in [2.05, 4.69) is 15.4 Å². The van der Waals surface area contributed by atoms with Crippen LogP contribution < -0.4 is 5.32 Å². The lowest BCUT2D eigenvalue weighted by Crippen LogP contribution is -2.30. The van der Waals surface area contributed by atoms with Crippen LogP contribution in [0.15, 0.2) is 24.5 Å². The molecule has 0 aliphatic heterocycles. The monoisotopic (exact) mass is 291 g/mol. The maximum Gasteiger partial charge on any atom is 0.252 e. The molecule has 21 heavy (non-hydrogen) atoms. The van der Waals surface area contributed by atoms with Crippen molar-refractivity contribution in [3.8, 4) is 6.07 Å². The van der Waals surface area contributed by atoms with E-state index >= 15 is 0 Å². The molecule has 2 rings (SSSR count). The first kappa shape index (κ1) is 14.6. The van der Waals surface area contributed by atoms with Crippen molar-refractivity contribution in [1.29, 1.82) is 5.26 Å². The van der Waals surface area contributed by atoms with Gasteiger partial charge in [0, 0.05) is 11.6 Å². The topological polar surface area (TPSA) is 83.6 Å². The number of carbonyl (C=O) groups excluding carboxylic acids is 1. The zero-order chi connectivity index (χ0) is 15.4. The lowest BCUT2D eigenvalue weighted by atomic mass is 10.1. The molecule has 0 saturated heterocycles. The second-order valence-electron chi connectivity index (χ2n) is 4.33. The van der Waals surface area contributed by atoms with E-state index in [0.29, 0.717) is 0 Å². The summed E-state index contributed by atoms with van der Waals surface area (Å²) in [7, 11) is 0. The van der Waals surface area contributed by atoms with E-state index in [1.165, 1.54) is 17.1 Å². The number of rotatable bonds is 4. The molecular weight excluding hydrogens is 280 g/mol. The van der Waals surface area contributed by atoms with Crippen molar-refractivity contribution in [2.75, 3.05) is 0 Å². The molecule has 6 nitrogen and oxygen atoms in total. The fourth-order valence-corrected chi connectivity index (χ4v) is 1.79. The van der Waals surface area contributed by atoms with Crippen LogP contribution in [0.2, 0.25) is 0 Å². The SMILES string of the molecule is CC(NC(=O)Cn1cnc(C#N)n1)c1ccc(F)cc1F. The van der Waals surface area contributed by atoms with Gasteiger partial charge in [-0.3, -0.25) is 4.79 Å². The smallest absolute Gasteiger partial charge is 0.252 e.